The normalized spacial score (nSPS) is 14.8. The maximum atomic E-state index is 6.12. The first kappa shape index (κ1) is 51.6. The van der Waals surface area contributed by atoms with Crippen molar-refractivity contribution in [2.45, 2.75) is 30.6 Å². The van der Waals surface area contributed by atoms with Gasteiger partial charge in [0.2, 0.25) is 0 Å². The van der Waals surface area contributed by atoms with Gasteiger partial charge in [-0.15, -0.1) is 0 Å². The molecule has 3 N–H and O–H groups in total. The number of anilines is 3. The van der Waals surface area contributed by atoms with Crippen molar-refractivity contribution in [1.82, 2.24) is 0 Å². The Labute approximate surface area is 461 Å². The molecule has 8 aromatic rings. The Morgan fingerprint density at radius 1 is 0.474 bits per heavy atom. The van der Waals surface area contributed by atoms with Gasteiger partial charge < -0.3 is 16.0 Å². The summed E-state index contributed by atoms with van der Waals surface area (Å²) in [5, 5.41) is 3.30. The highest BCUT2D eigenvalue weighted by Crippen LogP contribution is 2.70. The summed E-state index contributed by atoms with van der Waals surface area (Å²) >= 11 is 0. The summed E-state index contributed by atoms with van der Waals surface area (Å²) in [6.07, 6.45) is 30.0. The summed E-state index contributed by atoms with van der Waals surface area (Å²) in [6.45, 7) is 10.2. The van der Waals surface area contributed by atoms with E-state index in [4.69, 9.17) is 5.73 Å². The Morgan fingerprint density at radius 3 is 1.24 bits per heavy atom. The lowest BCUT2D eigenvalue weighted by molar-refractivity contribution is 0.604. The molecule has 2 spiro atoms. The van der Waals surface area contributed by atoms with Gasteiger partial charge in [0.1, 0.15) is 0 Å². The van der Waals surface area contributed by atoms with Crippen molar-refractivity contribution in [2.75, 3.05) is 10.2 Å². The van der Waals surface area contributed by atoms with Crippen LogP contribution in [0.3, 0.4) is 0 Å². The molecule has 378 valence electrons. The van der Waals surface area contributed by atoms with E-state index in [9.17, 15) is 0 Å². The Morgan fingerprint density at radius 2 is 0.859 bits per heavy atom. The first-order valence-electron chi connectivity index (χ1n) is 26.7. The molecule has 0 unspecified atom stereocenters. The molecule has 0 atom stereocenters. The van der Waals surface area contributed by atoms with E-state index in [1.54, 1.807) is 6.20 Å². The first-order chi connectivity index (χ1) is 38.6. The van der Waals surface area contributed by atoms with E-state index in [1.165, 1.54) is 66.8 Å². The van der Waals surface area contributed by atoms with Gasteiger partial charge in [-0.05, 0) is 166 Å². The zero-order valence-electron chi connectivity index (χ0n) is 44.1. The molecule has 0 amide bonds. The predicted octanol–water partition coefficient (Wildman–Crippen LogP) is 18.5. The number of fused-ring (bicyclic) bond motifs is 16. The number of rotatable bonds is 9. The number of nitrogens with zero attached hydrogens (tertiary/aromatic N) is 1. The van der Waals surface area contributed by atoms with E-state index in [2.05, 4.69) is 174 Å². The lowest BCUT2D eigenvalue weighted by Crippen LogP contribution is -2.46. The van der Waals surface area contributed by atoms with Gasteiger partial charge in [0.15, 0.2) is 0 Å². The molecule has 13 rings (SSSR count). The van der Waals surface area contributed by atoms with Crippen LogP contribution >= 0.6 is 0 Å². The molecule has 0 radical (unpaired) electrons. The zero-order chi connectivity index (χ0) is 53.6. The summed E-state index contributed by atoms with van der Waals surface area (Å²) < 4.78 is 0. The molecule has 0 saturated heterocycles. The second-order valence-electron chi connectivity index (χ2n) is 19.1. The summed E-state index contributed by atoms with van der Waals surface area (Å²) in [6, 6.07) is 75.8. The zero-order valence-corrected chi connectivity index (χ0v) is 44.1. The van der Waals surface area contributed by atoms with E-state index in [-0.39, 0.29) is 0 Å². The van der Waals surface area contributed by atoms with E-state index in [0.29, 0.717) is 0 Å². The van der Waals surface area contributed by atoms with Gasteiger partial charge in [-0.1, -0.05) is 243 Å². The van der Waals surface area contributed by atoms with Gasteiger partial charge in [0.25, 0.3) is 0 Å². The van der Waals surface area contributed by atoms with Crippen molar-refractivity contribution >= 4 is 17.1 Å². The number of hydrogen-bond acceptors (Lipinski definition) is 3. The monoisotopic (exact) mass is 1010 g/mol. The first-order valence-corrected chi connectivity index (χ1v) is 26.7. The van der Waals surface area contributed by atoms with Crippen molar-refractivity contribution < 1.29 is 0 Å². The Bertz CT molecular complexity index is 3580. The van der Waals surface area contributed by atoms with E-state index >= 15 is 0 Å². The molecule has 5 aliphatic carbocycles. The van der Waals surface area contributed by atoms with Crippen LogP contribution in [-0.4, -0.2) is 0 Å². The smallest absolute Gasteiger partial charge is 0.0717 e. The van der Waals surface area contributed by atoms with Crippen LogP contribution in [0.5, 0.6) is 0 Å². The third-order valence-corrected chi connectivity index (χ3v) is 14.7. The van der Waals surface area contributed by atoms with Gasteiger partial charge in [-0.25, -0.2) is 0 Å². The average Bonchev–Trinajstić information content (AvgIpc) is 2.82. The molecular weight excluding hydrogens is 943 g/mol. The number of nitrogens with two attached hydrogens (primary N) is 1. The lowest BCUT2D eigenvalue weighted by Gasteiger charge is -2.52. The van der Waals surface area contributed by atoms with Crippen molar-refractivity contribution in [3.05, 3.63) is 378 Å². The van der Waals surface area contributed by atoms with Crippen molar-refractivity contribution in [3.8, 4) is 22.3 Å². The molecule has 0 heterocycles. The highest BCUT2D eigenvalue weighted by Gasteiger charge is 2.61. The van der Waals surface area contributed by atoms with Crippen LogP contribution in [0.4, 0.5) is 17.1 Å². The van der Waals surface area contributed by atoms with Crippen molar-refractivity contribution in [1.29, 1.82) is 0 Å². The Kier molecular flexibility index (Phi) is 16.0. The molecule has 78 heavy (non-hydrogen) atoms. The minimum atomic E-state index is -0.539. The highest BCUT2D eigenvalue weighted by atomic mass is 15.2. The molecule has 0 aliphatic heterocycles. The molecule has 3 heteroatoms. The molecule has 0 saturated carbocycles. The van der Waals surface area contributed by atoms with Crippen LogP contribution in [0.25, 0.3) is 22.3 Å². The van der Waals surface area contributed by atoms with E-state index in [0.717, 1.165) is 41.3 Å². The molecule has 5 aliphatic rings. The molecule has 8 aromatic carbocycles. The van der Waals surface area contributed by atoms with E-state index in [1.807, 2.05) is 159 Å². The van der Waals surface area contributed by atoms with Gasteiger partial charge in [0.05, 0.1) is 10.8 Å². The van der Waals surface area contributed by atoms with Crippen molar-refractivity contribution in [2.24, 2.45) is 5.73 Å². The summed E-state index contributed by atoms with van der Waals surface area (Å²) in [4.78, 5) is 2.26. The predicted molar refractivity (Wildman–Crippen MR) is 330 cm³/mol. The fourth-order valence-corrected chi connectivity index (χ4v) is 11.9. The molecule has 0 bridgehead atoms. The average molecular weight is 1010 g/mol. The third-order valence-electron chi connectivity index (χ3n) is 14.7. The number of hydrogen-bond donors (Lipinski definition) is 2. The third kappa shape index (κ3) is 9.69. The fourth-order valence-electron chi connectivity index (χ4n) is 11.9. The topological polar surface area (TPSA) is 41.3 Å². The van der Waals surface area contributed by atoms with Crippen LogP contribution < -0.4 is 16.0 Å². The standard InChI is InChI=1S/C51H42N2.C12H11N.C6H6.C6H4/c1-4-17-35(18-5-2)53(36(19-6-3)32-33-52)37-30-31-48-49(34-37)51(44-26-13-9-22-40(44)41-23-10-14-27-45(41)51)47-29-16-15-28-46(47)50(48)42-24-11-7-20-38(42)39-21-8-12-25-43(39)50;1-3-7-11(8-4-1)13-12-9-5-2-6-10-12;2*1-2-4-6-5-3-1/h4-14,17-34H,1,3,15-16,52H2,2H3;1-10,13H;1-6H;1-4H/b18-5-,33-32-,35-17+,36-19+;;;. The fraction of sp³-hybridized carbons (Fsp3) is 0.0667. The molecule has 0 aromatic heterocycles. The largest absolute Gasteiger partial charge is 0.405 e. The number of benzene rings is 8. The molecule has 0 fully saturated rings. The maximum absolute atomic E-state index is 6.12. The SMILES string of the molecule is C1=C=CC=CC=1.C=C/C=C(\C=C/C)N(C(/C=C\N)=C/C=C)c1ccc2c(c1)C1(C3=CCCC=C3C23c2ccccc2-c2ccccc23)c2ccccc2-c2ccccc21.c1ccc(Nc2ccccc2)cc1.c1ccccc1. The summed E-state index contributed by atoms with van der Waals surface area (Å²) in [7, 11) is 0. The Balaban J connectivity index is 0.000000223. The Hall–Kier alpha value is -9.88. The minimum absolute atomic E-state index is 0.490. The second kappa shape index (κ2) is 24.2. The minimum Gasteiger partial charge on any atom is -0.405 e. The number of allylic oxidation sites excluding steroid dienone is 15. The van der Waals surface area contributed by atoms with Crippen LogP contribution in [0, 0.1) is 0 Å². The van der Waals surface area contributed by atoms with Crippen LogP contribution in [-0.2, 0) is 10.8 Å². The van der Waals surface area contributed by atoms with Gasteiger partial charge in [-0.2, -0.15) is 0 Å². The molecular formula is C75H63N3. The van der Waals surface area contributed by atoms with Gasteiger partial charge in [-0.3, -0.25) is 0 Å². The van der Waals surface area contributed by atoms with Crippen LogP contribution in [0.15, 0.2) is 345 Å². The van der Waals surface area contributed by atoms with Gasteiger partial charge in [0, 0.05) is 28.5 Å². The quantitative estimate of drug-likeness (QED) is 0.112. The highest BCUT2D eigenvalue weighted by molar-refractivity contribution is 5.95. The number of para-hydroxylation sites is 2. The van der Waals surface area contributed by atoms with E-state index < -0.39 is 10.8 Å². The van der Waals surface area contributed by atoms with Crippen LogP contribution in [0.2, 0.25) is 0 Å². The lowest BCUT2D eigenvalue weighted by atomic mass is 9.49. The second-order valence-corrected chi connectivity index (χ2v) is 19.1. The van der Waals surface area contributed by atoms with Crippen LogP contribution in [0.1, 0.15) is 53.1 Å². The maximum Gasteiger partial charge on any atom is 0.0717 e. The summed E-state index contributed by atoms with van der Waals surface area (Å²) in [5.74, 6) is 0. The van der Waals surface area contributed by atoms with Crippen molar-refractivity contribution in [3.63, 3.8) is 0 Å². The molecule has 3 nitrogen and oxygen atoms in total. The number of nitrogens with one attached hydrogen (secondary N) is 1. The van der Waals surface area contributed by atoms with Gasteiger partial charge >= 0.3 is 0 Å². The summed E-state index contributed by atoms with van der Waals surface area (Å²) in [5.41, 5.74) is 31.7.